The van der Waals surface area contributed by atoms with Crippen molar-refractivity contribution in [3.05, 3.63) is 94.7 Å². The van der Waals surface area contributed by atoms with E-state index in [1.165, 1.54) is 5.56 Å². The Hall–Kier alpha value is -2.80. The van der Waals surface area contributed by atoms with E-state index in [2.05, 4.69) is 54.9 Å². The molecule has 3 atom stereocenters. The normalized spacial score (nSPS) is 22.2. The first-order chi connectivity index (χ1) is 17.6. The van der Waals surface area contributed by atoms with Gasteiger partial charge in [-0.1, -0.05) is 69.3 Å². The van der Waals surface area contributed by atoms with Gasteiger partial charge in [-0.3, -0.25) is 4.79 Å². The second-order valence-electron chi connectivity index (χ2n) is 11.0. The highest BCUT2D eigenvalue weighted by atomic mass is 32.2. The van der Waals surface area contributed by atoms with Crippen LogP contribution in [0.15, 0.2) is 88.5 Å². The number of carbonyl (C=O) groups excluding carboxylic acids is 1. The molecule has 0 heterocycles. The van der Waals surface area contributed by atoms with Crippen LogP contribution in [0.1, 0.15) is 57.9 Å². The zero-order chi connectivity index (χ0) is 26.8. The van der Waals surface area contributed by atoms with Crippen LogP contribution in [0.2, 0.25) is 0 Å². The van der Waals surface area contributed by atoms with Gasteiger partial charge in [0.25, 0.3) is 5.91 Å². The van der Waals surface area contributed by atoms with E-state index in [9.17, 15) is 9.90 Å². The van der Waals surface area contributed by atoms with Crippen molar-refractivity contribution in [1.29, 1.82) is 0 Å². The molecule has 6 heteroatoms. The standard InChI is InChI=1S/C31H39N3O2S/c1-20(22-9-8-16-31(32-5)19-24(31)17-22)27(29(36)33-25-10-7-11-26(18-25)37-6)34-28(35)21-12-14-23(15-13-21)30(2,3)4/h7-8,10-18,24,28,32,34-35H,9,19H2,1-6H3,(H,33,36)/b27-20+. The quantitative estimate of drug-likeness (QED) is 0.148. The van der Waals surface area contributed by atoms with Gasteiger partial charge in [-0.2, -0.15) is 0 Å². The minimum absolute atomic E-state index is 0.0224. The van der Waals surface area contributed by atoms with E-state index >= 15 is 0 Å². The zero-order valence-electron chi connectivity index (χ0n) is 22.7. The number of aliphatic hydroxyl groups excluding tert-OH is 1. The highest BCUT2D eigenvalue weighted by Crippen LogP contribution is 2.48. The molecule has 0 spiro atoms. The molecule has 196 valence electrons. The van der Waals surface area contributed by atoms with E-state index in [0.717, 1.165) is 34.6 Å². The van der Waals surface area contributed by atoms with Crippen LogP contribution in [-0.2, 0) is 10.2 Å². The number of allylic oxidation sites excluding steroid dienone is 3. The molecule has 0 aromatic heterocycles. The van der Waals surface area contributed by atoms with Crippen molar-refractivity contribution < 1.29 is 9.90 Å². The summed E-state index contributed by atoms with van der Waals surface area (Å²) in [7, 11) is 2.00. The van der Waals surface area contributed by atoms with Crippen LogP contribution in [0.5, 0.6) is 0 Å². The summed E-state index contributed by atoms with van der Waals surface area (Å²) in [5.74, 6) is 0.129. The lowest BCUT2D eigenvalue weighted by Gasteiger charge is -2.22. The molecule has 0 radical (unpaired) electrons. The minimum Gasteiger partial charge on any atom is -0.369 e. The molecule has 1 saturated carbocycles. The molecule has 1 fully saturated rings. The van der Waals surface area contributed by atoms with Gasteiger partial charge in [0.1, 0.15) is 5.70 Å². The fraction of sp³-hybridized carbons (Fsp3) is 0.387. The number of fused-ring (bicyclic) bond motifs is 1. The van der Waals surface area contributed by atoms with E-state index in [1.807, 2.05) is 68.8 Å². The lowest BCUT2D eigenvalue weighted by molar-refractivity contribution is -0.113. The van der Waals surface area contributed by atoms with Crippen LogP contribution in [0, 0.1) is 5.92 Å². The number of anilines is 1. The zero-order valence-corrected chi connectivity index (χ0v) is 23.5. The summed E-state index contributed by atoms with van der Waals surface area (Å²) in [6, 6.07) is 15.7. The van der Waals surface area contributed by atoms with Gasteiger partial charge < -0.3 is 21.1 Å². The largest absolute Gasteiger partial charge is 0.369 e. The van der Waals surface area contributed by atoms with E-state index in [1.54, 1.807) is 11.8 Å². The summed E-state index contributed by atoms with van der Waals surface area (Å²) in [6.45, 7) is 8.45. The Bertz CT molecular complexity index is 1240. The maximum Gasteiger partial charge on any atom is 0.272 e. The Morgan fingerprint density at radius 3 is 2.54 bits per heavy atom. The molecular formula is C31H39N3O2S. The van der Waals surface area contributed by atoms with Crippen molar-refractivity contribution in [1.82, 2.24) is 10.6 Å². The molecule has 2 aliphatic carbocycles. The summed E-state index contributed by atoms with van der Waals surface area (Å²) in [5, 5.41) is 20.8. The van der Waals surface area contributed by atoms with Gasteiger partial charge in [-0.05, 0) is 73.4 Å². The van der Waals surface area contributed by atoms with E-state index in [0.29, 0.717) is 17.2 Å². The fourth-order valence-electron chi connectivity index (χ4n) is 4.84. The Balaban J connectivity index is 1.65. The number of nitrogens with one attached hydrogen (secondary N) is 3. The molecule has 1 amide bonds. The van der Waals surface area contributed by atoms with Gasteiger partial charge in [-0.25, -0.2) is 0 Å². The van der Waals surface area contributed by atoms with Crippen molar-refractivity contribution in [2.45, 2.75) is 62.6 Å². The predicted octanol–water partition coefficient (Wildman–Crippen LogP) is 6.06. The number of rotatable bonds is 8. The van der Waals surface area contributed by atoms with Crippen LogP contribution in [0.3, 0.4) is 0 Å². The molecule has 0 saturated heterocycles. The van der Waals surface area contributed by atoms with Gasteiger partial charge in [-0.15, -0.1) is 11.8 Å². The predicted molar refractivity (Wildman–Crippen MR) is 155 cm³/mol. The van der Waals surface area contributed by atoms with Gasteiger partial charge in [0.05, 0.1) is 0 Å². The Morgan fingerprint density at radius 2 is 1.89 bits per heavy atom. The second-order valence-corrected chi connectivity index (χ2v) is 11.9. The maximum atomic E-state index is 13.6. The van der Waals surface area contributed by atoms with E-state index in [4.69, 9.17) is 0 Å². The first-order valence-electron chi connectivity index (χ1n) is 12.9. The second kappa shape index (κ2) is 10.9. The van der Waals surface area contributed by atoms with Gasteiger partial charge in [0.2, 0.25) is 0 Å². The molecule has 4 N–H and O–H groups in total. The molecule has 2 aliphatic rings. The summed E-state index contributed by atoms with van der Waals surface area (Å²) in [6.07, 6.45) is 9.48. The third kappa shape index (κ3) is 6.20. The Labute approximate surface area is 225 Å². The Kier molecular flexibility index (Phi) is 8.02. The molecule has 3 unspecified atom stereocenters. The van der Waals surface area contributed by atoms with Crippen LogP contribution < -0.4 is 16.0 Å². The summed E-state index contributed by atoms with van der Waals surface area (Å²) < 4.78 is 0. The third-order valence-corrected chi connectivity index (χ3v) is 8.19. The van der Waals surface area contributed by atoms with Crippen LogP contribution in [0.4, 0.5) is 5.69 Å². The Morgan fingerprint density at radius 1 is 1.16 bits per heavy atom. The van der Waals surface area contributed by atoms with Gasteiger partial charge in [0, 0.05) is 27.6 Å². The third-order valence-electron chi connectivity index (χ3n) is 7.46. The lowest BCUT2D eigenvalue weighted by Crippen LogP contribution is -2.31. The van der Waals surface area contributed by atoms with E-state index in [-0.39, 0.29) is 16.9 Å². The van der Waals surface area contributed by atoms with Gasteiger partial charge in [0.15, 0.2) is 6.23 Å². The number of hydrogen-bond acceptors (Lipinski definition) is 5. The number of benzene rings is 2. The van der Waals surface area contributed by atoms with Crippen LogP contribution >= 0.6 is 11.8 Å². The SMILES string of the molecule is CNC12C=CCC(/C(C)=C(/NC(O)c3ccc(C(C)(C)C)cc3)C(=O)Nc3cccc(SC)c3)=CC1C2. The number of amides is 1. The lowest BCUT2D eigenvalue weighted by atomic mass is 9.86. The number of thioether (sulfide) groups is 1. The monoisotopic (exact) mass is 517 g/mol. The average Bonchev–Trinajstić information content (AvgIpc) is 3.60. The number of carbonyl (C=O) groups is 1. The molecule has 2 aromatic carbocycles. The van der Waals surface area contributed by atoms with Gasteiger partial charge >= 0.3 is 0 Å². The summed E-state index contributed by atoms with van der Waals surface area (Å²) in [4.78, 5) is 14.7. The van der Waals surface area contributed by atoms with Crippen molar-refractivity contribution >= 4 is 23.4 Å². The maximum absolute atomic E-state index is 13.6. The van der Waals surface area contributed by atoms with Crippen LogP contribution in [0.25, 0.3) is 0 Å². The summed E-state index contributed by atoms with van der Waals surface area (Å²) in [5.41, 5.74) is 4.99. The summed E-state index contributed by atoms with van der Waals surface area (Å²) >= 11 is 1.63. The topological polar surface area (TPSA) is 73.4 Å². The van der Waals surface area contributed by atoms with Crippen molar-refractivity contribution in [2.75, 3.05) is 18.6 Å². The van der Waals surface area contributed by atoms with Crippen LogP contribution in [-0.4, -0.2) is 29.9 Å². The molecule has 37 heavy (non-hydrogen) atoms. The fourth-order valence-corrected chi connectivity index (χ4v) is 5.30. The molecule has 0 aliphatic heterocycles. The average molecular weight is 518 g/mol. The molecule has 2 aromatic rings. The molecule has 0 bridgehead atoms. The molecular weight excluding hydrogens is 478 g/mol. The smallest absolute Gasteiger partial charge is 0.272 e. The number of hydrogen-bond donors (Lipinski definition) is 4. The molecule has 5 nitrogen and oxygen atoms in total. The van der Waals surface area contributed by atoms with Crippen molar-refractivity contribution in [3.8, 4) is 0 Å². The minimum atomic E-state index is -1.03. The highest BCUT2D eigenvalue weighted by Gasteiger charge is 2.50. The van der Waals surface area contributed by atoms with Crippen molar-refractivity contribution in [3.63, 3.8) is 0 Å². The molecule has 4 rings (SSSR count). The first-order valence-corrected chi connectivity index (χ1v) is 14.1. The first kappa shape index (κ1) is 27.2. The van der Waals surface area contributed by atoms with Crippen molar-refractivity contribution in [2.24, 2.45) is 5.92 Å². The number of likely N-dealkylation sites (N-methyl/N-ethyl adjacent to an activating group) is 1. The van der Waals surface area contributed by atoms with E-state index < -0.39 is 6.23 Å². The number of aliphatic hydroxyl groups is 1. The highest BCUT2D eigenvalue weighted by molar-refractivity contribution is 7.98.